The molecule has 0 saturated heterocycles. The number of carbonyl (C=O) groups excluding carboxylic acids is 1. The first-order valence-corrected chi connectivity index (χ1v) is 9.31. The van der Waals surface area contributed by atoms with Crippen LogP contribution in [0.1, 0.15) is 16.8 Å². The number of primary amides is 1. The number of nitrogens with one attached hydrogen (secondary N) is 1. The van der Waals surface area contributed by atoms with Crippen LogP contribution in [0.15, 0.2) is 48.5 Å². The van der Waals surface area contributed by atoms with E-state index < -0.39 is 0 Å². The van der Waals surface area contributed by atoms with Gasteiger partial charge >= 0.3 is 0 Å². The van der Waals surface area contributed by atoms with Crippen molar-refractivity contribution >= 4 is 28.4 Å². The van der Waals surface area contributed by atoms with E-state index >= 15 is 0 Å². The largest absolute Gasteiger partial charge is 0.395 e. The highest BCUT2D eigenvalue weighted by Crippen LogP contribution is 2.26. The van der Waals surface area contributed by atoms with Gasteiger partial charge in [0, 0.05) is 34.2 Å². The number of nitrogens with zero attached hydrogens (tertiary/aromatic N) is 1. The van der Waals surface area contributed by atoms with Crippen LogP contribution in [0, 0.1) is 6.92 Å². The summed E-state index contributed by atoms with van der Waals surface area (Å²) in [4.78, 5) is 11.5. The van der Waals surface area contributed by atoms with Gasteiger partial charge in [-0.2, -0.15) is 0 Å². The Balaban J connectivity index is 1.80. The van der Waals surface area contributed by atoms with Crippen molar-refractivity contribution < 1.29 is 9.90 Å². The number of para-hydroxylation sites is 1. The summed E-state index contributed by atoms with van der Waals surface area (Å²) >= 11 is 5.93. The van der Waals surface area contributed by atoms with Gasteiger partial charge in [0.05, 0.1) is 6.61 Å². The van der Waals surface area contributed by atoms with Gasteiger partial charge in [0.2, 0.25) is 5.91 Å². The fourth-order valence-corrected chi connectivity index (χ4v) is 3.56. The molecule has 0 aliphatic carbocycles. The fraction of sp³-hybridized carbons (Fsp3) is 0.286. The lowest BCUT2D eigenvalue weighted by atomic mass is 10.1. The summed E-state index contributed by atoms with van der Waals surface area (Å²) < 4.78 is 1.95. The monoisotopic (exact) mass is 385 g/mol. The Hall–Kier alpha value is -2.34. The minimum Gasteiger partial charge on any atom is -0.395 e. The second-order valence-electron chi connectivity index (χ2n) is 6.72. The zero-order valence-electron chi connectivity index (χ0n) is 15.3. The van der Waals surface area contributed by atoms with Crippen LogP contribution in [0.2, 0.25) is 5.02 Å². The highest BCUT2D eigenvalue weighted by Gasteiger charge is 2.16. The smallest absolute Gasteiger partial charge is 0.237 e. The standard InChI is InChI=1S/C21H24ClN3O2/c1-14-19(18-4-2-3-5-20(18)25(14)12-21(23)27)11-24-17(13-26)10-15-6-8-16(22)9-7-15/h2-9,17,24,26H,10-13H2,1H3,(H2,23,27)/t17-/m0/s1. The molecule has 2 aromatic carbocycles. The highest BCUT2D eigenvalue weighted by molar-refractivity contribution is 6.30. The van der Waals surface area contributed by atoms with Crippen molar-refractivity contribution in [3.05, 3.63) is 70.4 Å². The number of hydrogen-bond acceptors (Lipinski definition) is 3. The summed E-state index contributed by atoms with van der Waals surface area (Å²) in [5, 5.41) is 15.0. The number of benzene rings is 2. The second kappa shape index (κ2) is 8.57. The lowest BCUT2D eigenvalue weighted by Gasteiger charge is -2.17. The van der Waals surface area contributed by atoms with Gasteiger partial charge in [-0.05, 0) is 42.7 Å². The third-order valence-electron chi connectivity index (χ3n) is 4.86. The van der Waals surface area contributed by atoms with Gasteiger partial charge in [0.25, 0.3) is 0 Å². The number of nitrogens with two attached hydrogens (primary N) is 1. The van der Waals surface area contributed by atoms with E-state index in [1.54, 1.807) is 0 Å². The third kappa shape index (κ3) is 4.50. The first kappa shape index (κ1) is 19.4. The van der Waals surface area contributed by atoms with E-state index in [0.29, 0.717) is 18.0 Å². The van der Waals surface area contributed by atoms with Crippen molar-refractivity contribution in [1.82, 2.24) is 9.88 Å². The van der Waals surface area contributed by atoms with Crippen LogP contribution in [0.5, 0.6) is 0 Å². The molecular formula is C21H24ClN3O2. The van der Waals surface area contributed by atoms with E-state index in [1.165, 1.54) is 0 Å². The van der Waals surface area contributed by atoms with E-state index in [1.807, 2.05) is 60.0 Å². The molecule has 142 valence electrons. The first-order chi connectivity index (χ1) is 13.0. The van der Waals surface area contributed by atoms with Crippen molar-refractivity contribution in [2.24, 2.45) is 5.73 Å². The summed E-state index contributed by atoms with van der Waals surface area (Å²) in [7, 11) is 0. The van der Waals surface area contributed by atoms with E-state index in [2.05, 4.69) is 5.32 Å². The molecule has 0 spiro atoms. The van der Waals surface area contributed by atoms with Crippen molar-refractivity contribution in [2.45, 2.75) is 32.5 Å². The molecule has 0 saturated carbocycles. The minimum absolute atomic E-state index is 0.0294. The van der Waals surface area contributed by atoms with Gasteiger partial charge < -0.3 is 20.7 Å². The van der Waals surface area contributed by atoms with Crippen molar-refractivity contribution in [3.63, 3.8) is 0 Å². The zero-order valence-corrected chi connectivity index (χ0v) is 16.0. The van der Waals surface area contributed by atoms with Crippen LogP contribution < -0.4 is 11.1 Å². The number of aliphatic hydroxyl groups excluding tert-OH is 1. The van der Waals surface area contributed by atoms with Crippen LogP contribution in [-0.2, 0) is 24.3 Å². The molecule has 0 radical (unpaired) electrons. The Morgan fingerprint density at radius 3 is 2.59 bits per heavy atom. The molecule has 0 unspecified atom stereocenters. The topological polar surface area (TPSA) is 80.3 Å². The van der Waals surface area contributed by atoms with E-state index in [9.17, 15) is 9.90 Å². The van der Waals surface area contributed by atoms with Gasteiger partial charge in [-0.15, -0.1) is 0 Å². The summed E-state index contributed by atoms with van der Waals surface area (Å²) in [6.45, 7) is 2.77. The maximum absolute atomic E-state index is 11.5. The molecule has 0 fully saturated rings. The van der Waals surface area contributed by atoms with Gasteiger partial charge in [-0.1, -0.05) is 41.9 Å². The van der Waals surface area contributed by atoms with Crippen LogP contribution in [0.25, 0.3) is 10.9 Å². The van der Waals surface area contributed by atoms with Crippen LogP contribution in [0.4, 0.5) is 0 Å². The predicted octanol–water partition coefficient (Wildman–Crippen LogP) is 2.78. The Bertz CT molecular complexity index is 934. The molecule has 3 aromatic rings. The number of carbonyl (C=O) groups is 1. The third-order valence-corrected chi connectivity index (χ3v) is 5.11. The molecule has 1 heterocycles. The molecule has 3 rings (SSSR count). The normalized spacial score (nSPS) is 12.4. The molecule has 5 nitrogen and oxygen atoms in total. The Morgan fingerprint density at radius 1 is 1.22 bits per heavy atom. The van der Waals surface area contributed by atoms with Gasteiger partial charge in [-0.25, -0.2) is 0 Å². The average Bonchev–Trinajstić information content (AvgIpc) is 2.92. The maximum Gasteiger partial charge on any atom is 0.237 e. The lowest BCUT2D eigenvalue weighted by Crippen LogP contribution is -2.34. The van der Waals surface area contributed by atoms with Gasteiger partial charge in [0.1, 0.15) is 6.54 Å². The van der Waals surface area contributed by atoms with Crippen LogP contribution >= 0.6 is 11.6 Å². The van der Waals surface area contributed by atoms with Gasteiger partial charge in [-0.3, -0.25) is 4.79 Å². The van der Waals surface area contributed by atoms with E-state index in [4.69, 9.17) is 17.3 Å². The quantitative estimate of drug-likeness (QED) is 0.557. The summed E-state index contributed by atoms with van der Waals surface area (Å²) in [5.74, 6) is -0.366. The number of rotatable bonds is 8. The number of aliphatic hydroxyl groups is 1. The fourth-order valence-electron chi connectivity index (χ4n) is 3.44. The molecule has 0 aliphatic heterocycles. The molecular weight excluding hydrogens is 362 g/mol. The summed E-state index contributed by atoms with van der Waals surface area (Å²) in [5.41, 5.74) is 9.63. The Labute approximate surface area is 163 Å². The minimum atomic E-state index is -0.366. The molecule has 1 aromatic heterocycles. The molecule has 27 heavy (non-hydrogen) atoms. The number of hydrogen-bond donors (Lipinski definition) is 3. The molecule has 0 aliphatic rings. The molecule has 0 bridgehead atoms. The molecule has 4 N–H and O–H groups in total. The predicted molar refractivity (Wildman–Crippen MR) is 109 cm³/mol. The highest BCUT2D eigenvalue weighted by atomic mass is 35.5. The molecule has 1 amide bonds. The van der Waals surface area contributed by atoms with Gasteiger partial charge in [0.15, 0.2) is 0 Å². The SMILES string of the molecule is Cc1c(CN[C@H](CO)Cc2ccc(Cl)cc2)c2ccccc2n1CC(N)=O. The average molecular weight is 386 g/mol. The van der Waals surface area contributed by atoms with E-state index in [-0.39, 0.29) is 25.1 Å². The zero-order chi connectivity index (χ0) is 19.4. The van der Waals surface area contributed by atoms with Crippen molar-refractivity contribution in [3.8, 4) is 0 Å². The van der Waals surface area contributed by atoms with E-state index in [0.717, 1.165) is 27.7 Å². The Kier molecular flexibility index (Phi) is 6.16. The first-order valence-electron chi connectivity index (χ1n) is 8.93. The number of fused-ring (bicyclic) bond motifs is 1. The van der Waals surface area contributed by atoms with Crippen LogP contribution in [0.3, 0.4) is 0 Å². The van der Waals surface area contributed by atoms with Crippen LogP contribution in [-0.4, -0.2) is 28.2 Å². The molecule has 6 heteroatoms. The number of aromatic nitrogens is 1. The molecule has 1 atom stereocenters. The van der Waals surface area contributed by atoms with Crippen molar-refractivity contribution in [2.75, 3.05) is 6.61 Å². The number of amides is 1. The lowest BCUT2D eigenvalue weighted by molar-refractivity contribution is -0.118. The number of halogens is 1. The van der Waals surface area contributed by atoms with Crippen molar-refractivity contribution in [1.29, 1.82) is 0 Å². The Morgan fingerprint density at radius 2 is 1.93 bits per heavy atom. The summed E-state index contributed by atoms with van der Waals surface area (Å²) in [6, 6.07) is 15.5. The maximum atomic E-state index is 11.5. The summed E-state index contributed by atoms with van der Waals surface area (Å²) in [6.07, 6.45) is 0.701. The second-order valence-corrected chi connectivity index (χ2v) is 7.16.